The molecule has 0 spiro atoms. The van der Waals surface area contributed by atoms with Crippen LogP contribution in [0.25, 0.3) is 0 Å². The van der Waals surface area contributed by atoms with Gasteiger partial charge < -0.3 is 5.32 Å². The standard InChI is InChI=1S/C13H22N2S/c1-3-11-6-4-5-7-13(11)14-8-12-9-16-10(2)15-12/h9,11,13-14H,3-8H2,1-2H3. The molecule has 2 rings (SSSR count). The lowest BCUT2D eigenvalue weighted by atomic mass is 9.83. The molecule has 1 saturated carbocycles. The molecule has 3 heteroatoms. The number of hydrogen-bond acceptors (Lipinski definition) is 3. The average Bonchev–Trinajstić information content (AvgIpc) is 2.73. The number of thiazole rings is 1. The topological polar surface area (TPSA) is 24.9 Å². The van der Waals surface area contributed by atoms with Gasteiger partial charge >= 0.3 is 0 Å². The highest BCUT2D eigenvalue weighted by atomic mass is 32.1. The number of hydrogen-bond donors (Lipinski definition) is 1. The SMILES string of the molecule is CCC1CCCCC1NCc1csc(C)n1. The lowest BCUT2D eigenvalue weighted by Gasteiger charge is -2.31. The second kappa shape index (κ2) is 5.78. The lowest BCUT2D eigenvalue weighted by Crippen LogP contribution is -2.37. The van der Waals surface area contributed by atoms with Crippen LogP contribution in [-0.2, 0) is 6.54 Å². The van der Waals surface area contributed by atoms with Gasteiger partial charge in [-0.05, 0) is 25.7 Å². The van der Waals surface area contributed by atoms with Gasteiger partial charge in [0.25, 0.3) is 0 Å². The van der Waals surface area contributed by atoms with E-state index in [9.17, 15) is 0 Å². The fourth-order valence-corrected chi connectivity index (χ4v) is 3.30. The molecule has 0 saturated heterocycles. The number of aromatic nitrogens is 1. The van der Waals surface area contributed by atoms with Crippen LogP contribution in [-0.4, -0.2) is 11.0 Å². The Balaban J connectivity index is 1.84. The summed E-state index contributed by atoms with van der Waals surface area (Å²) in [5.74, 6) is 0.883. The number of aryl methyl sites for hydroxylation is 1. The van der Waals surface area contributed by atoms with E-state index in [0.717, 1.165) is 18.5 Å². The molecule has 2 unspecified atom stereocenters. The molecule has 1 aliphatic rings. The van der Waals surface area contributed by atoms with Gasteiger partial charge in [-0.3, -0.25) is 0 Å². The van der Waals surface area contributed by atoms with E-state index in [1.165, 1.54) is 42.8 Å². The minimum atomic E-state index is 0.723. The van der Waals surface area contributed by atoms with E-state index >= 15 is 0 Å². The van der Waals surface area contributed by atoms with Crippen LogP contribution >= 0.6 is 11.3 Å². The van der Waals surface area contributed by atoms with Crippen molar-refractivity contribution >= 4 is 11.3 Å². The van der Waals surface area contributed by atoms with Gasteiger partial charge in [-0.15, -0.1) is 11.3 Å². The van der Waals surface area contributed by atoms with E-state index in [1.54, 1.807) is 11.3 Å². The van der Waals surface area contributed by atoms with Crippen molar-refractivity contribution in [1.29, 1.82) is 0 Å². The summed E-state index contributed by atoms with van der Waals surface area (Å²) in [5.41, 5.74) is 1.21. The molecule has 1 heterocycles. The van der Waals surface area contributed by atoms with Gasteiger partial charge in [0.05, 0.1) is 10.7 Å². The molecule has 1 fully saturated rings. The van der Waals surface area contributed by atoms with E-state index in [-0.39, 0.29) is 0 Å². The van der Waals surface area contributed by atoms with Crippen LogP contribution in [0.4, 0.5) is 0 Å². The van der Waals surface area contributed by atoms with Gasteiger partial charge in [-0.1, -0.05) is 26.2 Å². The summed E-state index contributed by atoms with van der Waals surface area (Å²) in [7, 11) is 0. The molecule has 16 heavy (non-hydrogen) atoms. The van der Waals surface area contributed by atoms with E-state index < -0.39 is 0 Å². The molecule has 1 N–H and O–H groups in total. The first kappa shape index (κ1) is 12.1. The summed E-state index contributed by atoms with van der Waals surface area (Å²) in [6.45, 7) is 5.34. The van der Waals surface area contributed by atoms with Crippen LogP contribution in [0.5, 0.6) is 0 Å². The molecule has 0 aliphatic heterocycles. The van der Waals surface area contributed by atoms with Crippen molar-refractivity contribution in [2.45, 2.75) is 58.5 Å². The number of nitrogens with one attached hydrogen (secondary N) is 1. The Kier molecular flexibility index (Phi) is 4.36. The average molecular weight is 238 g/mol. The van der Waals surface area contributed by atoms with Crippen molar-refractivity contribution in [2.75, 3.05) is 0 Å². The van der Waals surface area contributed by atoms with Gasteiger partial charge in [0, 0.05) is 18.0 Å². The van der Waals surface area contributed by atoms with Crippen molar-refractivity contribution in [2.24, 2.45) is 5.92 Å². The predicted molar refractivity (Wildman–Crippen MR) is 69.7 cm³/mol. The van der Waals surface area contributed by atoms with Gasteiger partial charge in [0.2, 0.25) is 0 Å². The summed E-state index contributed by atoms with van der Waals surface area (Å²) < 4.78 is 0. The Morgan fingerprint density at radius 3 is 2.94 bits per heavy atom. The Morgan fingerprint density at radius 1 is 1.44 bits per heavy atom. The first-order valence-corrected chi connectivity index (χ1v) is 7.32. The second-order valence-corrected chi connectivity index (χ2v) is 5.86. The van der Waals surface area contributed by atoms with Crippen LogP contribution in [0.3, 0.4) is 0 Å². The van der Waals surface area contributed by atoms with Crippen molar-refractivity contribution in [3.05, 3.63) is 16.1 Å². The first-order valence-electron chi connectivity index (χ1n) is 6.44. The normalized spacial score (nSPS) is 25.9. The highest BCUT2D eigenvalue weighted by Crippen LogP contribution is 2.27. The van der Waals surface area contributed by atoms with Gasteiger partial charge in [-0.25, -0.2) is 4.98 Å². The van der Waals surface area contributed by atoms with Crippen LogP contribution in [0.15, 0.2) is 5.38 Å². The third-order valence-corrected chi connectivity index (χ3v) is 4.47. The first-order chi connectivity index (χ1) is 7.79. The molecule has 0 bridgehead atoms. The summed E-state index contributed by atoms with van der Waals surface area (Å²) in [5, 5.41) is 7.04. The molecule has 0 aromatic carbocycles. The summed E-state index contributed by atoms with van der Waals surface area (Å²) in [6, 6.07) is 0.723. The predicted octanol–water partition coefficient (Wildman–Crippen LogP) is 3.51. The van der Waals surface area contributed by atoms with Crippen molar-refractivity contribution in [3.63, 3.8) is 0 Å². The molecule has 1 aliphatic carbocycles. The maximum absolute atomic E-state index is 4.50. The summed E-state index contributed by atoms with van der Waals surface area (Å²) >= 11 is 1.75. The largest absolute Gasteiger partial charge is 0.308 e. The van der Waals surface area contributed by atoms with Gasteiger partial charge in [0.1, 0.15) is 0 Å². The molecule has 1 aromatic heterocycles. The minimum Gasteiger partial charge on any atom is -0.308 e. The zero-order valence-corrected chi connectivity index (χ0v) is 11.1. The van der Waals surface area contributed by atoms with Crippen molar-refractivity contribution in [3.8, 4) is 0 Å². The third kappa shape index (κ3) is 3.05. The van der Waals surface area contributed by atoms with Crippen LogP contribution < -0.4 is 5.32 Å². The van der Waals surface area contributed by atoms with E-state index in [4.69, 9.17) is 0 Å². The Labute approximate surface area is 102 Å². The Bertz CT molecular complexity index is 321. The third-order valence-electron chi connectivity index (χ3n) is 3.65. The number of nitrogens with zero attached hydrogens (tertiary/aromatic N) is 1. The number of rotatable bonds is 4. The summed E-state index contributed by atoms with van der Waals surface area (Å²) in [4.78, 5) is 4.50. The Hall–Kier alpha value is -0.410. The smallest absolute Gasteiger partial charge is 0.0897 e. The van der Waals surface area contributed by atoms with Crippen LogP contribution in [0, 0.1) is 12.8 Å². The molecular formula is C13H22N2S. The zero-order chi connectivity index (χ0) is 11.4. The van der Waals surface area contributed by atoms with Gasteiger partial charge in [0.15, 0.2) is 0 Å². The Morgan fingerprint density at radius 2 is 2.25 bits per heavy atom. The lowest BCUT2D eigenvalue weighted by molar-refractivity contribution is 0.254. The second-order valence-electron chi connectivity index (χ2n) is 4.80. The maximum atomic E-state index is 4.50. The van der Waals surface area contributed by atoms with Gasteiger partial charge in [-0.2, -0.15) is 0 Å². The summed E-state index contributed by atoms with van der Waals surface area (Å²) in [6.07, 6.45) is 6.89. The van der Waals surface area contributed by atoms with E-state index in [1.807, 2.05) is 0 Å². The zero-order valence-electron chi connectivity index (χ0n) is 10.3. The molecule has 0 radical (unpaired) electrons. The maximum Gasteiger partial charge on any atom is 0.0897 e. The van der Waals surface area contributed by atoms with E-state index in [0.29, 0.717) is 0 Å². The van der Waals surface area contributed by atoms with Crippen LogP contribution in [0.1, 0.15) is 49.7 Å². The molecule has 90 valence electrons. The highest BCUT2D eigenvalue weighted by molar-refractivity contribution is 7.09. The minimum absolute atomic E-state index is 0.723. The molecule has 2 atom stereocenters. The van der Waals surface area contributed by atoms with E-state index in [2.05, 4.69) is 29.5 Å². The molecular weight excluding hydrogens is 216 g/mol. The monoisotopic (exact) mass is 238 g/mol. The van der Waals surface area contributed by atoms with Crippen molar-refractivity contribution in [1.82, 2.24) is 10.3 Å². The molecule has 1 aromatic rings. The molecule has 2 nitrogen and oxygen atoms in total. The molecule has 0 amide bonds. The highest BCUT2D eigenvalue weighted by Gasteiger charge is 2.22. The van der Waals surface area contributed by atoms with Crippen LogP contribution in [0.2, 0.25) is 0 Å². The fraction of sp³-hybridized carbons (Fsp3) is 0.769. The fourth-order valence-electron chi connectivity index (χ4n) is 2.69. The quantitative estimate of drug-likeness (QED) is 0.868. The van der Waals surface area contributed by atoms with Crippen molar-refractivity contribution < 1.29 is 0 Å².